The molecule has 0 heterocycles. The van der Waals surface area contributed by atoms with Crippen molar-refractivity contribution in [3.05, 3.63) is 0 Å². The van der Waals surface area contributed by atoms with Gasteiger partial charge in [0.25, 0.3) is 0 Å². The molecule has 2 heteroatoms. The fraction of sp³-hybridized carbons (Fsp3) is 1.00. The van der Waals surface area contributed by atoms with Crippen LogP contribution in [0.1, 0.15) is 71.6 Å². The van der Waals surface area contributed by atoms with Crippen LogP contribution in [0.3, 0.4) is 0 Å². The van der Waals surface area contributed by atoms with Crippen molar-refractivity contribution in [2.75, 3.05) is 20.1 Å². The second-order valence-electron chi connectivity index (χ2n) is 7.07. The van der Waals surface area contributed by atoms with Crippen LogP contribution < -0.4 is 5.32 Å². The molecule has 1 N–H and O–H groups in total. The van der Waals surface area contributed by atoms with E-state index < -0.39 is 0 Å². The maximum absolute atomic E-state index is 3.78. The molecule has 0 saturated heterocycles. The number of hydrogen-bond donors (Lipinski definition) is 1. The van der Waals surface area contributed by atoms with Gasteiger partial charge in [-0.15, -0.1) is 0 Å². The predicted octanol–water partition coefficient (Wildman–Crippen LogP) is 3.81. The van der Waals surface area contributed by atoms with Crippen molar-refractivity contribution in [1.82, 2.24) is 10.2 Å². The SMILES string of the molecule is CCC(CC)(CNC1CC1)CN(C)C1CCCCC1. The topological polar surface area (TPSA) is 15.3 Å². The van der Waals surface area contributed by atoms with Crippen LogP contribution in [0, 0.1) is 5.41 Å². The molecule has 2 fully saturated rings. The Morgan fingerprint density at radius 1 is 1.00 bits per heavy atom. The Kier molecular flexibility index (Phi) is 5.70. The molecule has 0 spiro atoms. The smallest absolute Gasteiger partial charge is 0.00924 e. The number of rotatable bonds is 8. The van der Waals surface area contributed by atoms with Gasteiger partial charge in [0.15, 0.2) is 0 Å². The van der Waals surface area contributed by atoms with E-state index in [1.165, 1.54) is 70.9 Å². The van der Waals surface area contributed by atoms with Crippen LogP contribution in [0.4, 0.5) is 0 Å². The first-order chi connectivity index (χ1) is 9.19. The highest BCUT2D eigenvalue weighted by Gasteiger charge is 2.32. The molecule has 112 valence electrons. The van der Waals surface area contributed by atoms with E-state index in [0.29, 0.717) is 5.41 Å². The molecular formula is C17H34N2. The number of nitrogens with one attached hydrogen (secondary N) is 1. The Labute approximate surface area is 120 Å². The molecule has 2 rings (SSSR count). The third-order valence-electron chi connectivity index (χ3n) is 5.63. The van der Waals surface area contributed by atoms with Gasteiger partial charge in [-0.3, -0.25) is 0 Å². The molecule has 0 aromatic carbocycles. The predicted molar refractivity (Wildman–Crippen MR) is 83.5 cm³/mol. The van der Waals surface area contributed by atoms with Gasteiger partial charge < -0.3 is 10.2 Å². The maximum atomic E-state index is 3.78. The lowest BCUT2D eigenvalue weighted by Gasteiger charge is -2.40. The number of nitrogens with zero attached hydrogens (tertiary/aromatic N) is 1. The molecule has 2 aliphatic rings. The second kappa shape index (κ2) is 7.08. The van der Waals surface area contributed by atoms with Crippen LogP contribution in [-0.2, 0) is 0 Å². The molecular weight excluding hydrogens is 232 g/mol. The zero-order chi connectivity index (χ0) is 13.7. The summed E-state index contributed by atoms with van der Waals surface area (Å²) in [5.74, 6) is 0. The van der Waals surface area contributed by atoms with E-state index in [-0.39, 0.29) is 0 Å². The zero-order valence-corrected chi connectivity index (χ0v) is 13.4. The molecule has 0 amide bonds. The lowest BCUT2D eigenvalue weighted by molar-refractivity contribution is 0.103. The fourth-order valence-corrected chi connectivity index (χ4v) is 3.61. The number of hydrogen-bond acceptors (Lipinski definition) is 2. The van der Waals surface area contributed by atoms with E-state index in [4.69, 9.17) is 0 Å². The van der Waals surface area contributed by atoms with E-state index in [2.05, 4.69) is 31.1 Å². The third-order valence-corrected chi connectivity index (χ3v) is 5.63. The summed E-state index contributed by atoms with van der Waals surface area (Å²) < 4.78 is 0. The molecule has 0 atom stereocenters. The normalized spacial score (nSPS) is 22.1. The van der Waals surface area contributed by atoms with Crippen molar-refractivity contribution in [3.8, 4) is 0 Å². The zero-order valence-electron chi connectivity index (χ0n) is 13.4. The summed E-state index contributed by atoms with van der Waals surface area (Å²) in [5.41, 5.74) is 0.495. The van der Waals surface area contributed by atoms with E-state index >= 15 is 0 Å². The summed E-state index contributed by atoms with van der Waals surface area (Å²) in [6.07, 6.45) is 12.6. The van der Waals surface area contributed by atoms with Gasteiger partial charge in [0.05, 0.1) is 0 Å². The summed E-state index contributed by atoms with van der Waals surface area (Å²) in [5, 5.41) is 3.78. The van der Waals surface area contributed by atoms with Crippen LogP contribution in [0.2, 0.25) is 0 Å². The summed E-state index contributed by atoms with van der Waals surface area (Å²) in [6.45, 7) is 7.27. The van der Waals surface area contributed by atoms with Gasteiger partial charge in [-0.25, -0.2) is 0 Å². The second-order valence-corrected chi connectivity index (χ2v) is 7.07. The largest absolute Gasteiger partial charge is 0.313 e. The lowest BCUT2D eigenvalue weighted by Crippen LogP contribution is -2.46. The summed E-state index contributed by atoms with van der Waals surface area (Å²) in [7, 11) is 2.37. The van der Waals surface area contributed by atoms with Crippen LogP contribution in [0.5, 0.6) is 0 Å². The summed E-state index contributed by atoms with van der Waals surface area (Å²) in [6, 6.07) is 1.70. The fourth-order valence-electron chi connectivity index (χ4n) is 3.61. The Hall–Kier alpha value is -0.0800. The Morgan fingerprint density at radius 2 is 1.63 bits per heavy atom. The van der Waals surface area contributed by atoms with Gasteiger partial charge in [0, 0.05) is 25.2 Å². The Balaban J connectivity index is 1.85. The molecule has 0 aromatic rings. The van der Waals surface area contributed by atoms with Crippen molar-refractivity contribution in [3.63, 3.8) is 0 Å². The third kappa shape index (κ3) is 4.46. The van der Waals surface area contributed by atoms with Crippen molar-refractivity contribution in [2.24, 2.45) is 5.41 Å². The molecule has 0 bridgehead atoms. The van der Waals surface area contributed by atoms with Gasteiger partial charge in [0.1, 0.15) is 0 Å². The highest BCUT2D eigenvalue weighted by molar-refractivity contribution is 4.89. The minimum atomic E-state index is 0.495. The summed E-state index contributed by atoms with van der Waals surface area (Å²) in [4.78, 5) is 2.68. The average Bonchev–Trinajstić information content (AvgIpc) is 3.28. The van der Waals surface area contributed by atoms with Crippen LogP contribution in [0.15, 0.2) is 0 Å². The molecule has 2 aliphatic carbocycles. The highest BCUT2D eigenvalue weighted by Crippen LogP contribution is 2.31. The van der Waals surface area contributed by atoms with Crippen molar-refractivity contribution in [2.45, 2.75) is 83.7 Å². The first-order valence-corrected chi connectivity index (χ1v) is 8.63. The quantitative estimate of drug-likeness (QED) is 0.718. The maximum Gasteiger partial charge on any atom is 0.00924 e. The Bertz CT molecular complexity index is 250. The average molecular weight is 266 g/mol. The van der Waals surface area contributed by atoms with E-state index in [1.54, 1.807) is 0 Å². The van der Waals surface area contributed by atoms with Crippen LogP contribution in [-0.4, -0.2) is 37.1 Å². The molecule has 0 aromatic heterocycles. The van der Waals surface area contributed by atoms with Gasteiger partial charge in [-0.2, -0.15) is 0 Å². The molecule has 2 nitrogen and oxygen atoms in total. The minimum Gasteiger partial charge on any atom is -0.313 e. The standard InChI is InChI=1S/C17H34N2/c1-4-17(5-2,13-18-15-11-12-15)14-19(3)16-9-7-6-8-10-16/h15-16,18H,4-14H2,1-3H3. The van der Waals surface area contributed by atoms with Gasteiger partial charge in [-0.05, 0) is 51.0 Å². The first kappa shape index (κ1) is 15.3. The highest BCUT2D eigenvalue weighted by atomic mass is 15.1. The van der Waals surface area contributed by atoms with Crippen molar-refractivity contribution in [1.29, 1.82) is 0 Å². The van der Waals surface area contributed by atoms with Gasteiger partial charge >= 0.3 is 0 Å². The first-order valence-electron chi connectivity index (χ1n) is 8.63. The molecule has 0 unspecified atom stereocenters. The molecule has 2 saturated carbocycles. The molecule has 19 heavy (non-hydrogen) atoms. The van der Waals surface area contributed by atoms with Crippen molar-refractivity contribution < 1.29 is 0 Å². The van der Waals surface area contributed by atoms with Gasteiger partial charge in [0.2, 0.25) is 0 Å². The lowest BCUT2D eigenvalue weighted by atomic mass is 9.80. The van der Waals surface area contributed by atoms with Crippen molar-refractivity contribution >= 4 is 0 Å². The monoisotopic (exact) mass is 266 g/mol. The van der Waals surface area contributed by atoms with Crippen LogP contribution in [0.25, 0.3) is 0 Å². The van der Waals surface area contributed by atoms with E-state index in [0.717, 1.165) is 12.1 Å². The minimum absolute atomic E-state index is 0.495. The Morgan fingerprint density at radius 3 is 2.16 bits per heavy atom. The van der Waals surface area contributed by atoms with E-state index in [9.17, 15) is 0 Å². The van der Waals surface area contributed by atoms with Crippen LogP contribution >= 0.6 is 0 Å². The van der Waals surface area contributed by atoms with Gasteiger partial charge in [-0.1, -0.05) is 33.1 Å². The summed E-state index contributed by atoms with van der Waals surface area (Å²) >= 11 is 0. The molecule has 0 aliphatic heterocycles. The molecule has 0 radical (unpaired) electrons. The van der Waals surface area contributed by atoms with E-state index in [1.807, 2.05) is 0 Å².